The number of nitrogens with two attached hydrogens (primary N) is 1. The van der Waals surface area contributed by atoms with E-state index < -0.39 is 17.2 Å². The van der Waals surface area contributed by atoms with Gasteiger partial charge in [-0.2, -0.15) is 0 Å². The molecule has 3 aromatic carbocycles. The Morgan fingerprint density at radius 1 is 0.971 bits per heavy atom. The zero-order chi connectivity index (χ0) is 24.1. The van der Waals surface area contributed by atoms with Crippen molar-refractivity contribution in [1.29, 1.82) is 0 Å². The first-order chi connectivity index (χ1) is 16.2. The fourth-order valence-corrected chi connectivity index (χ4v) is 4.54. The number of amides is 1. The molecule has 6 nitrogen and oxygen atoms in total. The van der Waals surface area contributed by atoms with E-state index in [1.807, 2.05) is 99.6 Å². The number of anilines is 1. The lowest BCUT2D eigenvalue weighted by atomic mass is 9.84. The smallest absolute Gasteiger partial charge is 0.418 e. The second-order valence-electron chi connectivity index (χ2n) is 9.64. The first-order valence-electron chi connectivity index (χ1n) is 11.3. The van der Waals surface area contributed by atoms with Gasteiger partial charge in [-0.05, 0) is 56.2 Å². The summed E-state index contributed by atoms with van der Waals surface area (Å²) in [6.45, 7) is 5.93. The molecule has 0 radical (unpaired) electrons. The van der Waals surface area contributed by atoms with E-state index in [9.17, 15) is 9.59 Å². The molecule has 1 aliphatic rings. The molecule has 1 aliphatic heterocycles. The lowest BCUT2D eigenvalue weighted by Crippen LogP contribution is -2.47. The van der Waals surface area contributed by atoms with Gasteiger partial charge in [0.1, 0.15) is 11.1 Å². The van der Waals surface area contributed by atoms with Gasteiger partial charge >= 0.3 is 6.09 Å². The van der Waals surface area contributed by atoms with Crippen molar-refractivity contribution in [1.82, 2.24) is 4.57 Å². The third kappa shape index (κ3) is 3.56. The summed E-state index contributed by atoms with van der Waals surface area (Å²) < 4.78 is 6.98. The Morgan fingerprint density at radius 2 is 1.68 bits per heavy atom. The van der Waals surface area contributed by atoms with Gasteiger partial charge in [-0.1, -0.05) is 54.6 Å². The van der Waals surface area contributed by atoms with Gasteiger partial charge < -0.3 is 15.4 Å². The standard InChI is InChI=1S/C28H27N3O3/c1-27(2,3)34-26(33)30-16-15-20-17-21(13-14-23(20)30)28(29)22-11-7-8-12-24(22)31(25(28)32)18-19-9-5-4-6-10-19/h4-17H,18,29H2,1-3H3/t28-/m0/s1. The summed E-state index contributed by atoms with van der Waals surface area (Å²) >= 11 is 0. The second-order valence-corrected chi connectivity index (χ2v) is 9.64. The molecule has 0 saturated heterocycles. The molecule has 2 heterocycles. The summed E-state index contributed by atoms with van der Waals surface area (Å²) in [4.78, 5) is 28.2. The van der Waals surface area contributed by atoms with E-state index >= 15 is 0 Å². The molecule has 0 bridgehead atoms. The number of carbonyl (C=O) groups is 2. The maximum Gasteiger partial charge on any atom is 0.418 e. The number of benzene rings is 3. The number of hydrogen-bond donors (Lipinski definition) is 1. The van der Waals surface area contributed by atoms with Crippen molar-refractivity contribution in [3.8, 4) is 0 Å². The van der Waals surface area contributed by atoms with Crippen molar-refractivity contribution >= 4 is 28.6 Å². The summed E-state index contributed by atoms with van der Waals surface area (Å²) in [6, 6.07) is 24.9. The van der Waals surface area contributed by atoms with Gasteiger partial charge in [0.05, 0.1) is 17.7 Å². The maximum atomic E-state index is 13.8. The van der Waals surface area contributed by atoms with Crippen LogP contribution in [0.25, 0.3) is 10.9 Å². The van der Waals surface area contributed by atoms with Crippen molar-refractivity contribution in [3.05, 3.63) is 102 Å². The number of fused-ring (bicyclic) bond motifs is 2. The highest BCUT2D eigenvalue weighted by molar-refractivity contribution is 6.10. The molecule has 0 unspecified atom stereocenters. The van der Waals surface area contributed by atoms with Gasteiger partial charge in [-0.15, -0.1) is 0 Å². The first kappa shape index (κ1) is 21.9. The summed E-state index contributed by atoms with van der Waals surface area (Å²) in [5, 5.41) is 0.806. The highest BCUT2D eigenvalue weighted by Crippen LogP contribution is 2.44. The monoisotopic (exact) mass is 453 g/mol. The molecule has 1 aromatic heterocycles. The third-order valence-corrected chi connectivity index (χ3v) is 6.12. The molecule has 1 atom stereocenters. The molecular weight excluding hydrogens is 426 g/mol. The summed E-state index contributed by atoms with van der Waals surface area (Å²) in [5.41, 5.74) is 8.98. The molecule has 172 valence electrons. The van der Waals surface area contributed by atoms with E-state index in [1.165, 1.54) is 4.57 Å². The van der Waals surface area contributed by atoms with E-state index in [0.717, 1.165) is 22.2 Å². The van der Waals surface area contributed by atoms with Gasteiger partial charge in [0.2, 0.25) is 0 Å². The quantitative estimate of drug-likeness (QED) is 0.464. The molecule has 6 heteroatoms. The minimum atomic E-state index is -1.33. The number of para-hydroxylation sites is 1. The maximum absolute atomic E-state index is 13.8. The first-order valence-corrected chi connectivity index (χ1v) is 11.3. The molecule has 0 spiro atoms. The molecule has 0 aliphatic carbocycles. The zero-order valence-electron chi connectivity index (χ0n) is 19.5. The fraction of sp³-hybridized carbons (Fsp3) is 0.214. The number of hydrogen-bond acceptors (Lipinski definition) is 4. The van der Waals surface area contributed by atoms with Crippen LogP contribution in [0.3, 0.4) is 0 Å². The molecule has 0 fully saturated rings. The Kier molecular flexibility index (Phi) is 5.06. The van der Waals surface area contributed by atoms with Crippen molar-refractivity contribution in [2.24, 2.45) is 5.73 Å². The molecule has 5 rings (SSSR count). The summed E-state index contributed by atoms with van der Waals surface area (Å²) in [5.74, 6) is -0.177. The Balaban J connectivity index is 1.55. The van der Waals surface area contributed by atoms with Crippen LogP contribution in [0.5, 0.6) is 0 Å². The number of nitrogens with zero attached hydrogens (tertiary/aromatic N) is 2. The zero-order valence-corrected chi connectivity index (χ0v) is 19.5. The van der Waals surface area contributed by atoms with Gasteiger partial charge in [0.15, 0.2) is 0 Å². The fourth-order valence-electron chi connectivity index (χ4n) is 4.54. The highest BCUT2D eigenvalue weighted by atomic mass is 16.6. The van der Waals surface area contributed by atoms with Gasteiger partial charge in [-0.25, -0.2) is 4.79 Å². The predicted octanol–water partition coefficient (Wildman–Crippen LogP) is 5.17. The molecule has 1 amide bonds. The third-order valence-electron chi connectivity index (χ3n) is 6.12. The molecular formula is C28H27N3O3. The van der Waals surface area contributed by atoms with Crippen LogP contribution in [0.1, 0.15) is 37.5 Å². The van der Waals surface area contributed by atoms with Crippen LogP contribution in [0, 0.1) is 0 Å². The van der Waals surface area contributed by atoms with Crippen LogP contribution in [-0.2, 0) is 21.6 Å². The number of ether oxygens (including phenoxy) is 1. The summed E-state index contributed by atoms with van der Waals surface area (Å²) in [7, 11) is 0. The minimum Gasteiger partial charge on any atom is -0.443 e. The lowest BCUT2D eigenvalue weighted by Gasteiger charge is -2.25. The van der Waals surface area contributed by atoms with Crippen LogP contribution >= 0.6 is 0 Å². The Bertz CT molecular complexity index is 1400. The Labute approximate surface area is 198 Å². The van der Waals surface area contributed by atoms with E-state index in [-0.39, 0.29) is 5.91 Å². The summed E-state index contributed by atoms with van der Waals surface area (Å²) in [6.07, 6.45) is 1.23. The van der Waals surface area contributed by atoms with Crippen molar-refractivity contribution < 1.29 is 14.3 Å². The van der Waals surface area contributed by atoms with Gasteiger partial charge in [-0.3, -0.25) is 9.36 Å². The topological polar surface area (TPSA) is 77.6 Å². The van der Waals surface area contributed by atoms with E-state index in [2.05, 4.69) is 0 Å². The number of aromatic nitrogens is 1. The highest BCUT2D eigenvalue weighted by Gasteiger charge is 2.49. The Morgan fingerprint density at radius 3 is 2.41 bits per heavy atom. The number of rotatable bonds is 3. The van der Waals surface area contributed by atoms with Gasteiger partial charge in [0.25, 0.3) is 5.91 Å². The second kappa shape index (κ2) is 7.85. The number of carbonyl (C=O) groups excluding carboxylic acids is 2. The average molecular weight is 454 g/mol. The van der Waals surface area contributed by atoms with Crippen LogP contribution in [0.4, 0.5) is 10.5 Å². The van der Waals surface area contributed by atoms with Crippen LogP contribution in [0.15, 0.2) is 85.1 Å². The van der Waals surface area contributed by atoms with E-state index in [1.54, 1.807) is 11.1 Å². The predicted molar refractivity (Wildman–Crippen MR) is 133 cm³/mol. The molecule has 4 aromatic rings. The average Bonchev–Trinajstić information content (AvgIpc) is 3.33. The minimum absolute atomic E-state index is 0.177. The molecule has 0 saturated carbocycles. The molecule has 34 heavy (non-hydrogen) atoms. The molecule has 2 N–H and O–H groups in total. The lowest BCUT2D eigenvalue weighted by molar-refractivity contribution is -0.121. The van der Waals surface area contributed by atoms with Crippen LogP contribution in [0.2, 0.25) is 0 Å². The van der Waals surface area contributed by atoms with Gasteiger partial charge in [0, 0.05) is 17.1 Å². The van der Waals surface area contributed by atoms with Crippen LogP contribution < -0.4 is 10.6 Å². The Hall–Kier alpha value is -3.90. The SMILES string of the molecule is CC(C)(C)OC(=O)n1ccc2cc([C@@]3(N)C(=O)N(Cc4ccccc4)c4ccccc43)ccc21. The van der Waals surface area contributed by atoms with E-state index in [4.69, 9.17) is 10.5 Å². The largest absolute Gasteiger partial charge is 0.443 e. The van der Waals surface area contributed by atoms with Crippen molar-refractivity contribution in [2.45, 2.75) is 38.5 Å². The van der Waals surface area contributed by atoms with Crippen LogP contribution in [-0.4, -0.2) is 22.2 Å². The normalized spacial score (nSPS) is 17.8. The van der Waals surface area contributed by atoms with E-state index in [0.29, 0.717) is 17.6 Å². The van der Waals surface area contributed by atoms with Crippen molar-refractivity contribution in [2.75, 3.05) is 4.90 Å². The van der Waals surface area contributed by atoms with Crippen molar-refractivity contribution in [3.63, 3.8) is 0 Å².